The number of hydrogen-bond donors (Lipinski definition) is 2. The molecule has 0 unspecified atom stereocenters. The summed E-state index contributed by atoms with van der Waals surface area (Å²) in [4.78, 5) is 0.116. The smallest absolute Gasteiger partial charge is 0.262 e. The van der Waals surface area contributed by atoms with Crippen LogP contribution in [0, 0.1) is 6.92 Å². The molecule has 0 saturated carbocycles. The average molecular weight is 391 g/mol. The molecule has 2 N–H and O–H groups in total. The van der Waals surface area contributed by atoms with Crippen LogP contribution in [0.1, 0.15) is 11.1 Å². The van der Waals surface area contributed by atoms with Crippen LogP contribution in [0.3, 0.4) is 0 Å². The van der Waals surface area contributed by atoms with Crippen LogP contribution in [0.2, 0.25) is 5.02 Å². The minimum Gasteiger partial charge on any atom is -0.392 e. The number of sulfonamides is 1. The van der Waals surface area contributed by atoms with Crippen molar-refractivity contribution in [1.29, 1.82) is 0 Å². The van der Waals surface area contributed by atoms with Gasteiger partial charge in [-0.25, -0.2) is 8.42 Å². The van der Waals surface area contributed by atoms with Crippen LogP contribution in [0.15, 0.2) is 45.8 Å². The minimum atomic E-state index is -3.78. The summed E-state index contributed by atoms with van der Waals surface area (Å²) in [6.07, 6.45) is 0. The van der Waals surface area contributed by atoms with Gasteiger partial charge in [0.05, 0.1) is 22.2 Å². The summed E-state index contributed by atoms with van der Waals surface area (Å²) >= 11 is 9.27. The molecule has 0 amide bonds. The van der Waals surface area contributed by atoms with Crippen LogP contribution in [0.4, 0.5) is 5.69 Å². The van der Waals surface area contributed by atoms with Gasteiger partial charge in [0.15, 0.2) is 0 Å². The number of aliphatic hydroxyl groups is 1. The molecule has 0 radical (unpaired) electrons. The molecule has 2 aromatic rings. The molecule has 0 fully saturated rings. The fourth-order valence-electron chi connectivity index (χ4n) is 1.81. The normalized spacial score (nSPS) is 11.4. The molecule has 0 bridgehead atoms. The lowest BCUT2D eigenvalue weighted by molar-refractivity contribution is 0.281. The van der Waals surface area contributed by atoms with Gasteiger partial charge >= 0.3 is 0 Å². The van der Waals surface area contributed by atoms with Crippen molar-refractivity contribution in [2.24, 2.45) is 0 Å². The topological polar surface area (TPSA) is 66.4 Å². The van der Waals surface area contributed by atoms with Crippen molar-refractivity contribution in [1.82, 2.24) is 0 Å². The molecule has 0 spiro atoms. The Hall–Kier alpha value is -1.08. The van der Waals surface area contributed by atoms with Crippen molar-refractivity contribution in [3.05, 3.63) is 57.0 Å². The van der Waals surface area contributed by atoms with Gasteiger partial charge in [-0.15, -0.1) is 0 Å². The quantitative estimate of drug-likeness (QED) is 0.836. The number of rotatable bonds is 4. The maximum absolute atomic E-state index is 12.5. The Kier molecular flexibility index (Phi) is 4.93. The third kappa shape index (κ3) is 3.77. The number of benzene rings is 2. The third-order valence-electron chi connectivity index (χ3n) is 2.90. The van der Waals surface area contributed by atoms with Gasteiger partial charge in [0.1, 0.15) is 0 Å². The standard InChI is InChI=1S/C14H13BrClNO3S/c1-9-2-3-10(8-18)6-14(9)21(19,20)17-13-7-11(15)4-5-12(13)16/h2-7,17-18H,8H2,1H3. The first-order valence-electron chi connectivity index (χ1n) is 6.02. The average Bonchev–Trinajstić information content (AvgIpc) is 2.43. The maximum atomic E-state index is 12.5. The van der Waals surface area contributed by atoms with Crippen LogP contribution in [-0.2, 0) is 16.6 Å². The van der Waals surface area contributed by atoms with Gasteiger partial charge in [0, 0.05) is 4.47 Å². The van der Waals surface area contributed by atoms with Crippen LogP contribution in [0.5, 0.6) is 0 Å². The summed E-state index contributed by atoms with van der Waals surface area (Å²) in [5, 5.41) is 9.45. The van der Waals surface area contributed by atoms with Crippen molar-refractivity contribution in [3.63, 3.8) is 0 Å². The van der Waals surface area contributed by atoms with Crippen LogP contribution >= 0.6 is 27.5 Å². The van der Waals surface area contributed by atoms with Gasteiger partial charge in [0.2, 0.25) is 0 Å². The van der Waals surface area contributed by atoms with E-state index >= 15 is 0 Å². The van der Waals surface area contributed by atoms with Crippen molar-refractivity contribution in [3.8, 4) is 0 Å². The predicted octanol–water partition coefficient (Wildman–Crippen LogP) is 3.70. The lowest BCUT2D eigenvalue weighted by atomic mass is 10.2. The highest BCUT2D eigenvalue weighted by atomic mass is 79.9. The van der Waals surface area contributed by atoms with E-state index in [1.165, 1.54) is 6.07 Å². The Labute approximate surface area is 136 Å². The first kappa shape index (κ1) is 16.3. The molecule has 112 valence electrons. The predicted molar refractivity (Wildman–Crippen MR) is 87.1 cm³/mol. The largest absolute Gasteiger partial charge is 0.392 e. The van der Waals surface area contributed by atoms with Gasteiger partial charge in [0.25, 0.3) is 10.0 Å². The van der Waals surface area contributed by atoms with E-state index in [4.69, 9.17) is 16.7 Å². The fourth-order valence-corrected chi connectivity index (χ4v) is 3.76. The Morgan fingerprint density at radius 1 is 1.24 bits per heavy atom. The van der Waals surface area contributed by atoms with E-state index < -0.39 is 10.0 Å². The maximum Gasteiger partial charge on any atom is 0.262 e. The van der Waals surface area contributed by atoms with Crippen molar-refractivity contribution in [2.45, 2.75) is 18.4 Å². The van der Waals surface area contributed by atoms with Crippen LogP contribution in [0.25, 0.3) is 0 Å². The summed E-state index contributed by atoms with van der Waals surface area (Å²) < 4.78 is 28.2. The molecule has 0 saturated heterocycles. The number of aryl methyl sites for hydroxylation is 1. The second kappa shape index (κ2) is 6.36. The molecule has 0 aromatic heterocycles. The van der Waals surface area contributed by atoms with Crippen molar-refractivity contribution >= 4 is 43.2 Å². The summed E-state index contributed by atoms with van der Waals surface area (Å²) in [7, 11) is -3.78. The van der Waals surface area contributed by atoms with Crippen molar-refractivity contribution in [2.75, 3.05) is 4.72 Å². The molecule has 0 aliphatic rings. The van der Waals surface area contributed by atoms with E-state index in [0.29, 0.717) is 26.3 Å². The Morgan fingerprint density at radius 2 is 1.95 bits per heavy atom. The monoisotopic (exact) mass is 389 g/mol. The SMILES string of the molecule is Cc1ccc(CO)cc1S(=O)(=O)Nc1cc(Br)ccc1Cl. The van der Waals surface area contributed by atoms with E-state index in [0.717, 1.165) is 0 Å². The van der Waals surface area contributed by atoms with Gasteiger partial charge < -0.3 is 5.11 Å². The van der Waals surface area contributed by atoms with E-state index in [1.54, 1.807) is 37.3 Å². The second-order valence-electron chi connectivity index (χ2n) is 4.49. The molecule has 2 rings (SSSR count). The van der Waals surface area contributed by atoms with Crippen molar-refractivity contribution < 1.29 is 13.5 Å². The van der Waals surface area contributed by atoms with E-state index in [-0.39, 0.29) is 11.5 Å². The Bertz CT molecular complexity index is 778. The number of aliphatic hydroxyl groups excluding tert-OH is 1. The number of halogens is 2. The molecular formula is C14H13BrClNO3S. The first-order chi connectivity index (χ1) is 9.83. The molecule has 0 aliphatic carbocycles. The van der Waals surface area contributed by atoms with Gasteiger partial charge in [-0.05, 0) is 42.3 Å². The van der Waals surface area contributed by atoms with Gasteiger partial charge in [-0.1, -0.05) is 39.7 Å². The number of anilines is 1. The Morgan fingerprint density at radius 3 is 2.62 bits per heavy atom. The zero-order chi connectivity index (χ0) is 15.6. The lowest BCUT2D eigenvalue weighted by Crippen LogP contribution is -2.15. The van der Waals surface area contributed by atoms with Crippen LogP contribution < -0.4 is 4.72 Å². The molecule has 21 heavy (non-hydrogen) atoms. The molecule has 0 heterocycles. The molecule has 2 aromatic carbocycles. The van der Waals surface area contributed by atoms with E-state index in [1.807, 2.05) is 0 Å². The highest BCUT2D eigenvalue weighted by Crippen LogP contribution is 2.28. The minimum absolute atomic E-state index is 0.116. The van der Waals surface area contributed by atoms with Gasteiger partial charge in [-0.2, -0.15) is 0 Å². The highest BCUT2D eigenvalue weighted by Gasteiger charge is 2.19. The summed E-state index contributed by atoms with van der Waals surface area (Å²) in [6.45, 7) is 1.47. The fraction of sp³-hybridized carbons (Fsp3) is 0.143. The lowest BCUT2D eigenvalue weighted by Gasteiger charge is -2.13. The van der Waals surface area contributed by atoms with E-state index in [9.17, 15) is 8.42 Å². The third-order valence-corrected chi connectivity index (χ3v) is 5.23. The highest BCUT2D eigenvalue weighted by molar-refractivity contribution is 9.10. The summed E-state index contributed by atoms with van der Waals surface area (Å²) in [5.41, 5.74) is 1.41. The van der Waals surface area contributed by atoms with Gasteiger partial charge in [-0.3, -0.25) is 4.72 Å². The molecule has 7 heteroatoms. The number of hydrogen-bond acceptors (Lipinski definition) is 3. The zero-order valence-corrected chi connectivity index (χ0v) is 14.3. The summed E-state index contributed by atoms with van der Waals surface area (Å²) in [5.74, 6) is 0. The summed E-state index contributed by atoms with van der Waals surface area (Å²) in [6, 6.07) is 9.69. The van der Waals surface area contributed by atoms with Crippen LogP contribution in [-0.4, -0.2) is 13.5 Å². The zero-order valence-electron chi connectivity index (χ0n) is 11.1. The number of nitrogens with one attached hydrogen (secondary N) is 1. The molecule has 0 atom stereocenters. The Balaban J connectivity index is 2.45. The molecular weight excluding hydrogens is 378 g/mol. The van der Waals surface area contributed by atoms with E-state index in [2.05, 4.69) is 20.7 Å². The molecule has 4 nitrogen and oxygen atoms in total. The first-order valence-corrected chi connectivity index (χ1v) is 8.67. The second-order valence-corrected chi connectivity index (χ2v) is 7.46. The molecule has 0 aliphatic heterocycles.